The molecule has 2 aromatic rings. The third-order valence-electron chi connectivity index (χ3n) is 9.40. The van der Waals surface area contributed by atoms with E-state index in [0.29, 0.717) is 18.6 Å². The van der Waals surface area contributed by atoms with Crippen molar-refractivity contribution >= 4 is 35.4 Å². The van der Waals surface area contributed by atoms with E-state index < -0.39 is 47.8 Å². The van der Waals surface area contributed by atoms with Gasteiger partial charge in [-0.1, -0.05) is 56.3 Å². The molecule has 0 saturated carbocycles. The predicted molar refractivity (Wildman–Crippen MR) is 186 cm³/mol. The number of fused-ring (bicyclic) bond motifs is 4. The molecule has 4 N–H and O–H groups in total. The third-order valence-corrected chi connectivity index (χ3v) is 9.40. The molecule has 0 aromatic heterocycles. The number of methoxy groups -OCH3 is 1. The van der Waals surface area contributed by atoms with Crippen molar-refractivity contribution in [1.29, 1.82) is 0 Å². The number of carbonyl (C=O) groups is 6. The van der Waals surface area contributed by atoms with Crippen LogP contribution in [0.4, 0.5) is 0 Å². The molecule has 0 radical (unpaired) electrons. The van der Waals surface area contributed by atoms with E-state index in [2.05, 4.69) is 21.3 Å². The van der Waals surface area contributed by atoms with Gasteiger partial charge < -0.3 is 40.5 Å². The molecule has 3 heterocycles. The number of amides is 6. The molecule has 51 heavy (non-hydrogen) atoms. The monoisotopic (exact) mass is 704 g/mol. The first-order chi connectivity index (χ1) is 24.5. The van der Waals surface area contributed by atoms with Gasteiger partial charge >= 0.3 is 0 Å². The van der Waals surface area contributed by atoms with Crippen LogP contribution in [0.5, 0.6) is 5.75 Å². The number of hydrogen-bond donors (Lipinski definition) is 4. The van der Waals surface area contributed by atoms with Crippen LogP contribution in [0.25, 0.3) is 0 Å². The van der Waals surface area contributed by atoms with Crippen LogP contribution in [-0.4, -0.2) is 116 Å². The minimum absolute atomic E-state index is 0.0440. The number of hydrogen-bond acceptors (Lipinski definition) is 8. The number of nitrogens with one attached hydrogen (secondary N) is 4. The van der Waals surface area contributed by atoms with Gasteiger partial charge in [-0.3, -0.25) is 28.8 Å². The largest absolute Gasteiger partial charge is 0.484 e. The fourth-order valence-corrected chi connectivity index (χ4v) is 6.84. The van der Waals surface area contributed by atoms with Gasteiger partial charge in [-0.05, 0) is 42.0 Å². The maximum atomic E-state index is 14.2. The van der Waals surface area contributed by atoms with Crippen LogP contribution in [0.2, 0.25) is 0 Å². The molecule has 2 saturated heterocycles. The second kappa shape index (κ2) is 17.3. The summed E-state index contributed by atoms with van der Waals surface area (Å²) in [6.45, 7) is 3.82. The van der Waals surface area contributed by atoms with Crippen LogP contribution in [0.3, 0.4) is 0 Å². The van der Waals surface area contributed by atoms with Gasteiger partial charge in [0.15, 0.2) is 6.61 Å². The number of nitrogens with zero attached hydrogens (tertiary/aromatic N) is 2. The summed E-state index contributed by atoms with van der Waals surface area (Å²) in [6, 6.07) is 13.3. The summed E-state index contributed by atoms with van der Waals surface area (Å²) in [5.74, 6) is -2.27. The van der Waals surface area contributed by atoms with Crippen molar-refractivity contribution in [1.82, 2.24) is 31.1 Å². The van der Waals surface area contributed by atoms with E-state index in [1.54, 1.807) is 23.1 Å². The average molecular weight is 705 g/mol. The average Bonchev–Trinajstić information content (AvgIpc) is 3.74. The number of carbonyl (C=O) groups excluding carboxylic acids is 6. The van der Waals surface area contributed by atoms with Gasteiger partial charge in [0, 0.05) is 45.5 Å². The van der Waals surface area contributed by atoms with Gasteiger partial charge in [-0.15, -0.1) is 0 Å². The Morgan fingerprint density at radius 3 is 2.37 bits per heavy atom. The van der Waals surface area contributed by atoms with E-state index in [4.69, 9.17) is 9.47 Å². The molecule has 6 amide bonds. The zero-order chi connectivity index (χ0) is 36.5. The molecule has 2 fully saturated rings. The van der Waals surface area contributed by atoms with Crippen molar-refractivity contribution in [3.63, 3.8) is 0 Å². The van der Waals surface area contributed by atoms with Crippen LogP contribution in [0.1, 0.15) is 50.2 Å². The van der Waals surface area contributed by atoms with Crippen molar-refractivity contribution in [2.24, 2.45) is 5.92 Å². The summed E-state index contributed by atoms with van der Waals surface area (Å²) in [4.78, 5) is 83.3. The number of likely N-dealkylation sites (tertiary alicyclic amines) is 1. The smallest absolute Gasteiger partial charge is 0.258 e. The van der Waals surface area contributed by atoms with E-state index in [-0.39, 0.29) is 75.9 Å². The van der Waals surface area contributed by atoms with Crippen LogP contribution in [0.15, 0.2) is 54.6 Å². The summed E-state index contributed by atoms with van der Waals surface area (Å²) in [5.41, 5.74) is 1.59. The Labute approximate surface area is 298 Å². The minimum atomic E-state index is -1.02. The summed E-state index contributed by atoms with van der Waals surface area (Å²) in [6.07, 6.45) is 1.17. The molecule has 14 nitrogen and oxygen atoms in total. The second-order valence-electron chi connectivity index (χ2n) is 13.8. The van der Waals surface area contributed by atoms with Gasteiger partial charge in [-0.2, -0.15) is 0 Å². The SMILES string of the molecule is COCCN1CC(=O)N[C@@H](Cc2ccccc2)C(=O)N[C@@H]2CN(C(=O)[C@@H]3CCC(=O)N3)C[C@H]2c2cccc(c2)OCC(=O)N[C@H](CC(C)C)C1=O. The Kier molecular flexibility index (Phi) is 12.6. The maximum absolute atomic E-state index is 14.2. The van der Waals surface area contributed by atoms with Crippen LogP contribution < -0.4 is 26.0 Å². The van der Waals surface area contributed by atoms with Crippen LogP contribution in [0, 0.1) is 5.92 Å². The van der Waals surface area contributed by atoms with Crippen molar-refractivity contribution in [3.8, 4) is 5.75 Å². The molecule has 5 atom stereocenters. The highest BCUT2D eigenvalue weighted by molar-refractivity contribution is 5.93. The first-order valence-corrected chi connectivity index (χ1v) is 17.5. The summed E-state index contributed by atoms with van der Waals surface area (Å²) >= 11 is 0. The van der Waals surface area contributed by atoms with Crippen LogP contribution in [-0.2, 0) is 39.9 Å². The summed E-state index contributed by atoms with van der Waals surface area (Å²) < 4.78 is 11.1. The molecular formula is C37H48N6O8. The molecule has 0 aliphatic carbocycles. The van der Waals surface area contributed by atoms with Gasteiger partial charge in [0.1, 0.15) is 23.9 Å². The number of benzene rings is 2. The van der Waals surface area contributed by atoms with Gasteiger partial charge in [0.2, 0.25) is 29.5 Å². The summed E-state index contributed by atoms with van der Waals surface area (Å²) in [7, 11) is 1.49. The molecule has 0 unspecified atom stereocenters. The summed E-state index contributed by atoms with van der Waals surface area (Å²) in [5, 5.41) is 11.5. The second-order valence-corrected chi connectivity index (χ2v) is 13.8. The lowest BCUT2D eigenvalue weighted by Crippen LogP contribution is -2.56. The van der Waals surface area contributed by atoms with Crippen molar-refractivity contribution < 1.29 is 38.2 Å². The third kappa shape index (κ3) is 10.1. The molecule has 2 bridgehead atoms. The van der Waals surface area contributed by atoms with E-state index in [1.165, 1.54) is 12.0 Å². The minimum Gasteiger partial charge on any atom is -0.484 e. The zero-order valence-corrected chi connectivity index (χ0v) is 29.4. The molecule has 14 heteroatoms. The highest BCUT2D eigenvalue weighted by Crippen LogP contribution is 2.31. The van der Waals surface area contributed by atoms with Crippen molar-refractivity contribution in [3.05, 3.63) is 65.7 Å². The van der Waals surface area contributed by atoms with E-state index in [9.17, 15) is 28.8 Å². The molecule has 274 valence electrons. The Bertz CT molecular complexity index is 1590. The maximum Gasteiger partial charge on any atom is 0.258 e. The molecule has 3 aliphatic heterocycles. The molecule has 3 aliphatic rings. The Balaban J connectivity index is 1.49. The molecular weight excluding hydrogens is 656 g/mol. The lowest BCUT2D eigenvalue weighted by molar-refractivity contribution is -0.141. The Hall–Kier alpha value is -4.98. The molecule has 2 aromatic carbocycles. The Morgan fingerprint density at radius 2 is 1.67 bits per heavy atom. The molecule has 0 spiro atoms. The van der Waals surface area contributed by atoms with Crippen molar-refractivity contribution in [2.45, 2.75) is 69.6 Å². The standard InChI is InChI=1S/C37H48N6O8/c1-23(2)16-30-37(49)42(14-15-50-3)21-33(45)39-29(17-24-8-5-4-6-9-24)35(47)41-31-20-43(36(48)28-12-13-32(44)38-28)19-27(31)25-10-7-11-26(18-25)51-22-34(46)40-30/h4-11,18,23,27-31H,12-17,19-22H2,1-3H3,(H,38,44)(H,39,45)(H,40,46)(H,41,47)/t27-,28-,29-,30+,31+/m0/s1. The fourth-order valence-electron chi connectivity index (χ4n) is 6.84. The van der Waals surface area contributed by atoms with E-state index in [0.717, 1.165) is 11.1 Å². The topological polar surface area (TPSA) is 175 Å². The highest BCUT2D eigenvalue weighted by Gasteiger charge is 2.41. The quantitative estimate of drug-likeness (QED) is 0.307. The van der Waals surface area contributed by atoms with Crippen molar-refractivity contribution in [2.75, 3.05) is 46.5 Å². The highest BCUT2D eigenvalue weighted by atomic mass is 16.5. The Morgan fingerprint density at radius 1 is 0.902 bits per heavy atom. The van der Waals surface area contributed by atoms with E-state index >= 15 is 0 Å². The zero-order valence-electron chi connectivity index (χ0n) is 29.4. The van der Waals surface area contributed by atoms with E-state index in [1.807, 2.05) is 50.2 Å². The number of ether oxygens (including phenoxy) is 2. The van der Waals surface area contributed by atoms with Gasteiger partial charge in [0.05, 0.1) is 19.2 Å². The lowest BCUT2D eigenvalue weighted by Gasteiger charge is -2.29. The van der Waals surface area contributed by atoms with Crippen LogP contribution >= 0.6 is 0 Å². The number of rotatable bonds is 8. The first-order valence-electron chi connectivity index (χ1n) is 17.5. The fraction of sp³-hybridized carbons (Fsp3) is 0.514. The molecule has 5 rings (SSSR count). The predicted octanol–water partition coefficient (Wildman–Crippen LogP) is 0.502. The van der Waals surface area contributed by atoms with Gasteiger partial charge in [0.25, 0.3) is 5.91 Å². The van der Waals surface area contributed by atoms with Gasteiger partial charge in [-0.25, -0.2) is 0 Å². The normalized spacial score (nSPS) is 24.9. The lowest BCUT2D eigenvalue weighted by atomic mass is 9.93. The first kappa shape index (κ1) is 37.3.